The Hall–Kier alpha value is -1.57. The van der Waals surface area contributed by atoms with Gasteiger partial charge in [-0.25, -0.2) is 13.4 Å². The highest BCUT2D eigenvalue weighted by atomic mass is 32.2. The van der Waals surface area contributed by atoms with E-state index in [-0.39, 0.29) is 4.90 Å². The van der Waals surface area contributed by atoms with Crippen molar-refractivity contribution in [2.24, 2.45) is 5.92 Å². The van der Waals surface area contributed by atoms with Crippen molar-refractivity contribution in [2.75, 3.05) is 10.5 Å². The van der Waals surface area contributed by atoms with Gasteiger partial charge in [-0.05, 0) is 48.7 Å². The normalized spacial score (nSPS) is 12.0. The lowest BCUT2D eigenvalue weighted by molar-refractivity contribution is 0.601. The fourth-order valence-electron chi connectivity index (χ4n) is 2.26. The fraction of sp³-hybridized carbons (Fsp3) is 0.278. The summed E-state index contributed by atoms with van der Waals surface area (Å²) in [6, 6.07) is 12.3. The smallest absolute Gasteiger partial charge is 0.261 e. The number of anilines is 1. The summed E-state index contributed by atoms with van der Waals surface area (Å²) in [5.41, 5.74) is 2.36. The SMILES string of the molecule is Cc1cccc(S(=O)(=O)Nc2ccc3nc(SCC(C)C)sc3c2)c1. The molecular weight excluding hydrogens is 372 g/mol. The first-order chi connectivity index (χ1) is 11.8. The Kier molecular flexibility index (Phi) is 5.36. The maximum absolute atomic E-state index is 12.5. The molecule has 3 aromatic rings. The molecule has 0 atom stereocenters. The number of hydrogen-bond donors (Lipinski definition) is 1. The van der Waals surface area contributed by atoms with Crippen molar-refractivity contribution < 1.29 is 8.42 Å². The third-order valence-electron chi connectivity index (χ3n) is 3.46. The Morgan fingerprint density at radius 2 is 2.00 bits per heavy atom. The van der Waals surface area contributed by atoms with Crippen molar-refractivity contribution in [3.8, 4) is 0 Å². The van der Waals surface area contributed by atoms with Crippen LogP contribution in [-0.2, 0) is 10.0 Å². The molecule has 0 spiro atoms. The molecule has 25 heavy (non-hydrogen) atoms. The van der Waals surface area contributed by atoms with Crippen molar-refractivity contribution in [3.63, 3.8) is 0 Å². The van der Waals surface area contributed by atoms with Crippen LogP contribution in [-0.4, -0.2) is 19.2 Å². The second-order valence-electron chi connectivity index (χ2n) is 6.29. The highest BCUT2D eigenvalue weighted by Crippen LogP contribution is 2.32. The van der Waals surface area contributed by atoms with Crippen LogP contribution in [0, 0.1) is 12.8 Å². The molecule has 4 nitrogen and oxygen atoms in total. The van der Waals surface area contributed by atoms with Gasteiger partial charge in [0, 0.05) is 5.75 Å². The predicted molar refractivity (Wildman–Crippen MR) is 107 cm³/mol. The molecule has 2 aromatic carbocycles. The summed E-state index contributed by atoms with van der Waals surface area (Å²) >= 11 is 3.34. The molecule has 1 heterocycles. The Bertz CT molecular complexity index is 994. The number of aryl methyl sites for hydroxylation is 1. The van der Waals surface area contributed by atoms with Gasteiger partial charge < -0.3 is 0 Å². The van der Waals surface area contributed by atoms with E-state index in [4.69, 9.17) is 0 Å². The first-order valence-electron chi connectivity index (χ1n) is 7.96. The Morgan fingerprint density at radius 1 is 1.20 bits per heavy atom. The molecule has 0 amide bonds. The van der Waals surface area contributed by atoms with E-state index in [0.717, 1.165) is 25.9 Å². The van der Waals surface area contributed by atoms with Gasteiger partial charge in [-0.15, -0.1) is 11.3 Å². The second-order valence-corrected chi connectivity index (χ2v) is 10.3. The van der Waals surface area contributed by atoms with E-state index in [1.165, 1.54) is 0 Å². The zero-order valence-electron chi connectivity index (χ0n) is 14.3. The molecule has 1 aromatic heterocycles. The monoisotopic (exact) mass is 392 g/mol. The van der Waals surface area contributed by atoms with Gasteiger partial charge in [-0.1, -0.05) is 37.7 Å². The van der Waals surface area contributed by atoms with Crippen molar-refractivity contribution in [1.82, 2.24) is 4.98 Å². The van der Waals surface area contributed by atoms with E-state index in [9.17, 15) is 8.42 Å². The van der Waals surface area contributed by atoms with E-state index in [1.54, 1.807) is 47.4 Å². The first kappa shape index (κ1) is 18.2. The molecule has 0 bridgehead atoms. The summed E-state index contributed by atoms with van der Waals surface area (Å²) in [6.45, 7) is 6.23. The molecule has 0 aliphatic rings. The standard InChI is InChI=1S/C18H20N2O2S3/c1-12(2)11-23-18-19-16-8-7-14(10-17(16)24-18)20-25(21,22)15-6-4-5-13(3)9-15/h4-10,12,20H,11H2,1-3H3. The minimum Gasteiger partial charge on any atom is -0.280 e. The van der Waals surface area contributed by atoms with Gasteiger partial charge in [-0.3, -0.25) is 4.72 Å². The average molecular weight is 393 g/mol. The van der Waals surface area contributed by atoms with Crippen molar-refractivity contribution in [3.05, 3.63) is 48.0 Å². The summed E-state index contributed by atoms with van der Waals surface area (Å²) in [6.07, 6.45) is 0. The molecule has 0 aliphatic carbocycles. The van der Waals surface area contributed by atoms with Crippen LogP contribution in [0.4, 0.5) is 5.69 Å². The minimum atomic E-state index is -3.59. The van der Waals surface area contributed by atoms with Gasteiger partial charge >= 0.3 is 0 Å². The van der Waals surface area contributed by atoms with Crippen LogP contribution in [0.1, 0.15) is 19.4 Å². The van der Waals surface area contributed by atoms with Crippen LogP contribution in [0.2, 0.25) is 0 Å². The van der Waals surface area contributed by atoms with Crippen LogP contribution < -0.4 is 4.72 Å². The van der Waals surface area contributed by atoms with E-state index < -0.39 is 10.0 Å². The van der Waals surface area contributed by atoms with Crippen LogP contribution >= 0.6 is 23.1 Å². The molecular formula is C18H20N2O2S3. The summed E-state index contributed by atoms with van der Waals surface area (Å²) in [5, 5.41) is 0. The van der Waals surface area contributed by atoms with E-state index in [0.29, 0.717) is 11.6 Å². The van der Waals surface area contributed by atoms with Crippen LogP contribution in [0.25, 0.3) is 10.2 Å². The molecule has 0 unspecified atom stereocenters. The molecule has 0 aliphatic heterocycles. The molecule has 0 saturated carbocycles. The molecule has 0 radical (unpaired) electrons. The lowest BCUT2D eigenvalue weighted by Gasteiger charge is -2.08. The maximum atomic E-state index is 12.5. The number of fused-ring (bicyclic) bond motifs is 1. The molecule has 0 saturated heterocycles. The van der Waals surface area contributed by atoms with Gasteiger partial charge in [0.1, 0.15) is 0 Å². The van der Waals surface area contributed by atoms with Crippen LogP contribution in [0.3, 0.4) is 0 Å². The van der Waals surface area contributed by atoms with Crippen LogP contribution in [0.5, 0.6) is 0 Å². The summed E-state index contributed by atoms with van der Waals surface area (Å²) in [4.78, 5) is 4.86. The molecule has 1 N–H and O–H groups in total. The van der Waals surface area contributed by atoms with Gasteiger partial charge in [-0.2, -0.15) is 0 Å². The van der Waals surface area contributed by atoms with E-state index >= 15 is 0 Å². The predicted octanol–water partition coefficient (Wildman–Crippen LogP) is 5.15. The van der Waals surface area contributed by atoms with E-state index in [2.05, 4.69) is 23.6 Å². The fourth-order valence-corrected chi connectivity index (χ4v) is 5.50. The first-order valence-corrected chi connectivity index (χ1v) is 11.2. The lowest BCUT2D eigenvalue weighted by Crippen LogP contribution is -2.12. The van der Waals surface area contributed by atoms with Crippen molar-refractivity contribution in [2.45, 2.75) is 30.0 Å². The number of benzene rings is 2. The van der Waals surface area contributed by atoms with Gasteiger partial charge in [0.15, 0.2) is 4.34 Å². The highest BCUT2D eigenvalue weighted by Gasteiger charge is 2.15. The maximum Gasteiger partial charge on any atom is 0.261 e. The Balaban J connectivity index is 1.84. The van der Waals surface area contributed by atoms with Gasteiger partial charge in [0.25, 0.3) is 10.0 Å². The second kappa shape index (κ2) is 7.35. The number of thiazole rings is 1. The van der Waals surface area contributed by atoms with Crippen molar-refractivity contribution in [1.29, 1.82) is 0 Å². The van der Waals surface area contributed by atoms with Crippen LogP contribution in [0.15, 0.2) is 51.7 Å². The quantitative estimate of drug-likeness (QED) is 0.589. The third kappa shape index (κ3) is 4.54. The van der Waals surface area contributed by atoms with E-state index in [1.807, 2.05) is 25.1 Å². The zero-order valence-corrected chi connectivity index (χ0v) is 16.8. The Morgan fingerprint density at radius 3 is 2.72 bits per heavy atom. The number of thioether (sulfide) groups is 1. The largest absolute Gasteiger partial charge is 0.280 e. The summed E-state index contributed by atoms with van der Waals surface area (Å²) in [7, 11) is -3.59. The number of sulfonamides is 1. The number of rotatable bonds is 6. The molecule has 0 fully saturated rings. The summed E-state index contributed by atoms with van der Waals surface area (Å²) in [5.74, 6) is 1.63. The Labute approximate surface area is 156 Å². The third-order valence-corrected chi connectivity index (χ3v) is 7.43. The number of nitrogens with zero attached hydrogens (tertiary/aromatic N) is 1. The minimum absolute atomic E-state index is 0.269. The zero-order chi connectivity index (χ0) is 18.0. The summed E-state index contributed by atoms with van der Waals surface area (Å²) < 4.78 is 29.7. The highest BCUT2D eigenvalue weighted by molar-refractivity contribution is 8.01. The molecule has 7 heteroatoms. The average Bonchev–Trinajstić information content (AvgIpc) is 2.95. The number of hydrogen-bond acceptors (Lipinski definition) is 5. The van der Waals surface area contributed by atoms with Gasteiger partial charge in [0.05, 0.1) is 20.8 Å². The van der Waals surface area contributed by atoms with Crippen molar-refractivity contribution >= 4 is 49.0 Å². The topological polar surface area (TPSA) is 59.1 Å². The lowest BCUT2D eigenvalue weighted by atomic mass is 10.2. The molecule has 132 valence electrons. The molecule has 3 rings (SSSR count). The van der Waals surface area contributed by atoms with Gasteiger partial charge in [0.2, 0.25) is 0 Å². The number of aromatic nitrogens is 1. The number of nitrogens with one attached hydrogen (secondary N) is 1.